The van der Waals surface area contributed by atoms with Crippen LogP contribution in [-0.2, 0) is 0 Å². The van der Waals surface area contributed by atoms with Gasteiger partial charge in [0.1, 0.15) is 13.2 Å². The molecular formula is C14H19ClN2O2. The highest BCUT2D eigenvalue weighted by atomic mass is 35.5. The van der Waals surface area contributed by atoms with Crippen molar-refractivity contribution >= 4 is 11.6 Å². The molecule has 0 radical (unpaired) electrons. The first-order chi connectivity index (χ1) is 9.20. The Balaban J connectivity index is 2.00. The second-order valence-electron chi connectivity index (χ2n) is 5.28. The third-order valence-electron chi connectivity index (χ3n) is 4.00. The quantitative estimate of drug-likeness (QED) is 0.902. The molecule has 1 fully saturated rings. The molecule has 104 valence electrons. The SMILES string of the molecule is CN1CC(CN)CC1c1c(Cl)ccc2c1OCCO2. The molecule has 3 rings (SSSR count). The minimum Gasteiger partial charge on any atom is -0.486 e. The van der Waals surface area contributed by atoms with Crippen molar-refractivity contribution in [1.29, 1.82) is 0 Å². The van der Waals surface area contributed by atoms with Crippen LogP contribution in [0.4, 0.5) is 0 Å². The summed E-state index contributed by atoms with van der Waals surface area (Å²) in [5.41, 5.74) is 6.85. The minimum absolute atomic E-state index is 0.262. The minimum atomic E-state index is 0.262. The Morgan fingerprint density at radius 3 is 2.89 bits per heavy atom. The van der Waals surface area contributed by atoms with Gasteiger partial charge in [0.2, 0.25) is 0 Å². The summed E-state index contributed by atoms with van der Waals surface area (Å²) in [6, 6.07) is 4.04. The zero-order valence-electron chi connectivity index (χ0n) is 11.1. The van der Waals surface area contributed by atoms with E-state index >= 15 is 0 Å². The summed E-state index contributed by atoms with van der Waals surface area (Å²) in [5, 5.41) is 0.749. The van der Waals surface area contributed by atoms with Crippen LogP contribution in [0.2, 0.25) is 5.02 Å². The molecule has 1 aromatic carbocycles. The van der Waals surface area contributed by atoms with Gasteiger partial charge in [-0.15, -0.1) is 0 Å². The van der Waals surface area contributed by atoms with E-state index in [1.165, 1.54) is 0 Å². The number of benzene rings is 1. The van der Waals surface area contributed by atoms with Gasteiger partial charge in [-0.3, -0.25) is 4.90 Å². The van der Waals surface area contributed by atoms with Crippen LogP contribution < -0.4 is 15.2 Å². The lowest BCUT2D eigenvalue weighted by atomic mass is 9.98. The van der Waals surface area contributed by atoms with E-state index < -0.39 is 0 Å². The van der Waals surface area contributed by atoms with Crippen LogP contribution in [0.25, 0.3) is 0 Å². The van der Waals surface area contributed by atoms with Crippen LogP contribution in [0, 0.1) is 5.92 Å². The van der Waals surface area contributed by atoms with Crippen molar-refractivity contribution < 1.29 is 9.47 Å². The van der Waals surface area contributed by atoms with Gasteiger partial charge in [-0.05, 0) is 38.1 Å². The molecule has 4 nitrogen and oxygen atoms in total. The van der Waals surface area contributed by atoms with Crippen LogP contribution in [0.1, 0.15) is 18.0 Å². The Hall–Kier alpha value is -0.970. The summed E-state index contributed by atoms with van der Waals surface area (Å²) >= 11 is 6.40. The van der Waals surface area contributed by atoms with E-state index in [-0.39, 0.29) is 6.04 Å². The highest BCUT2D eigenvalue weighted by molar-refractivity contribution is 6.31. The lowest BCUT2D eigenvalue weighted by Crippen LogP contribution is -2.22. The molecule has 2 unspecified atom stereocenters. The average molecular weight is 283 g/mol. The molecule has 0 spiro atoms. The van der Waals surface area contributed by atoms with Crippen molar-refractivity contribution in [3.63, 3.8) is 0 Å². The summed E-state index contributed by atoms with van der Waals surface area (Å²) in [6.45, 7) is 2.89. The lowest BCUT2D eigenvalue weighted by Gasteiger charge is -2.27. The molecule has 1 saturated heterocycles. The first kappa shape index (κ1) is 13.0. The molecule has 1 aromatic rings. The number of nitrogens with zero attached hydrogens (tertiary/aromatic N) is 1. The van der Waals surface area contributed by atoms with E-state index in [0.29, 0.717) is 25.7 Å². The monoisotopic (exact) mass is 282 g/mol. The maximum atomic E-state index is 6.40. The van der Waals surface area contributed by atoms with E-state index in [9.17, 15) is 0 Å². The normalized spacial score (nSPS) is 26.7. The second kappa shape index (κ2) is 5.19. The van der Waals surface area contributed by atoms with Gasteiger partial charge in [-0.1, -0.05) is 11.6 Å². The number of hydrogen-bond donors (Lipinski definition) is 1. The molecule has 2 aliphatic heterocycles. The molecular weight excluding hydrogens is 264 g/mol. The Morgan fingerprint density at radius 2 is 2.16 bits per heavy atom. The van der Waals surface area contributed by atoms with Crippen molar-refractivity contribution in [3.8, 4) is 11.5 Å². The van der Waals surface area contributed by atoms with Gasteiger partial charge in [0.25, 0.3) is 0 Å². The van der Waals surface area contributed by atoms with E-state index in [4.69, 9.17) is 26.8 Å². The fourth-order valence-electron chi connectivity index (χ4n) is 3.04. The maximum absolute atomic E-state index is 6.40. The topological polar surface area (TPSA) is 47.7 Å². The van der Waals surface area contributed by atoms with Crippen LogP contribution >= 0.6 is 11.6 Å². The third kappa shape index (κ3) is 2.29. The van der Waals surface area contributed by atoms with Crippen LogP contribution in [0.3, 0.4) is 0 Å². The lowest BCUT2D eigenvalue weighted by molar-refractivity contribution is 0.166. The van der Waals surface area contributed by atoms with Crippen molar-refractivity contribution in [2.45, 2.75) is 12.5 Å². The highest BCUT2D eigenvalue weighted by Gasteiger charge is 2.34. The first-order valence-corrected chi connectivity index (χ1v) is 7.06. The molecule has 2 atom stereocenters. The van der Waals surface area contributed by atoms with Gasteiger partial charge in [0, 0.05) is 23.2 Å². The Kier molecular flexibility index (Phi) is 3.56. The zero-order valence-corrected chi connectivity index (χ0v) is 11.8. The van der Waals surface area contributed by atoms with Gasteiger partial charge in [-0.25, -0.2) is 0 Å². The van der Waals surface area contributed by atoms with E-state index in [0.717, 1.165) is 35.1 Å². The van der Waals surface area contributed by atoms with Crippen LogP contribution in [0.15, 0.2) is 12.1 Å². The van der Waals surface area contributed by atoms with Crippen molar-refractivity contribution in [2.24, 2.45) is 11.7 Å². The van der Waals surface area contributed by atoms with E-state index in [2.05, 4.69) is 11.9 Å². The molecule has 0 aromatic heterocycles. The molecule has 5 heteroatoms. The summed E-state index contributed by atoms with van der Waals surface area (Å²) in [6.07, 6.45) is 1.02. The maximum Gasteiger partial charge on any atom is 0.167 e. The molecule has 2 N–H and O–H groups in total. The Bertz CT molecular complexity index is 481. The van der Waals surface area contributed by atoms with Crippen molar-refractivity contribution in [1.82, 2.24) is 4.90 Å². The van der Waals surface area contributed by atoms with Gasteiger partial charge < -0.3 is 15.2 Å². The fourth-order valence-corrected chi connectivity index (χ4v) is 3.31. The standard InChI is InChI=1S/C14H19ClN2O2/c1-17-8-9(7-16)6-11(17)13-10(15)2-3-12-14(13)19-5-4-18-12/h2-3,9,11H,4-8,16H2,1H3. The Labute approximate surface area is 118 Å². The summed E-state index contributed by atoms with van der Waals surface area (Å²) in [4.78, 5) is 2.30. The number of fused-ring (bicyclic) bond motifs is 1. The zero-order chi connectivity index (χ0) is 13.4. The van der Waals surface area contributed by atoms with Crippen LogP contribution in [-0.4, -0.2) is 38.3 Å². The smallest absolute Gasteiger partial charge is 0.167 e. The highest BCUT2D eigenvalue weighted by Crippen LogP contribution is 2.46. The third-order valence-corrected chi connectivity index (χ3v) is 4.33. The molecule has 0 saturated carbocycles. The van der Waals surface area contributed by atoms with Gasteiger partial charge in [0.15, 0.2) is 11.5 Å². The van der Waals surface area contributed by atoms with Crippen molar-refractivity contribution in [3.05, 3.63) is 22.7 Å². The van der Waals surface area contributed by atoms with E-state index in [1.807, 2.05) is 12.1 Å². The van der Waals surface area contributed by atoms with Crippen LogP contribution in [0.5, 0.6) is 11.5 Å². The summed E-state index contributed by atoms with van der Waals surface area (Å²) in [5.74, 6) is 2.13. The van der Waals surface area contributed by atoms with Gasteiger partial charge in [0.05, 0.1) is 0 Å². The number of ether oxygens (including phenoxy) is 2. The molecule has 2 aliphatic rings. The second-order valence-corrected chi connectivity index (χ2v) is 5.69. The predicted octanol–water partition coefficient (Wildman–Crippen LogP) is 2.06. The number of likely N-dealkylation sites (tertiary alicyclic amines) is 1. The number of halogens is 1. The van der Waals surface area contributed by atoms with Gasteiger partial charge in [-0.2, -0.15) is 0 Å². The molecule has 2 heterocycles. The van der Waals surface area contributed by atoms with E-state index in [1.54, 1.807) is 0 Å². The molecule has 0 bridgehead atoms. The number of nitrogens with two attached hydrogens (primary N) is 1. The predicted molar refractivity (Wildman–Crippen MR) is 75.0 cm³/mol. The Morgan fingerprint density at radius 1 is 1.37 bits per heavy atom. The van der Waals surface area contributed by atoms with Crippen molar-refractivity contribution in [2.75, 3.05) is 33.4 Å². The van der Waals surface area contributed by atoms with Gasteiger partial charge >= 0.3 is 0 Å². The number of rotatable bonds is 2. The fraction of sp³-hybridized carbons (Fsp3) is 0.571. The largest absolute Gasteiger partial charge is 0.486 e. The molecule has 19 heavy (non-hydrogen) atoms. The molecule has 0 aliphatic carbocycles. The summed E-state index contributed by atoms with van der Waals surface area (Å²) in [7, 11) is 2.11. The molecule has 0 amide bonds. The average Bonchev–Trinajstić information content (AvgIpc) is 2.80. The number of hydrogen-bond acceptors (Lipinski definition) is 4. The summed E-state index contributed by atoms with van der Waals surface area (Å²) < 4.78 is 11.4. The first-order valence-electron chi connectivity index (χ1n) is 6.69.